The van der Waals surface area contributed by atoms with Gasteiger partial charge < -0.3 is 26.3 Å². The fraction of sp³-hybridized carbons (Fsp3) is 0.900. The Balaban J connectivity index is 2.25. The van der Waals surface area contributed by atoms with Gasteiger partial charge in [0.2, 0.25) is 11.8 Å². The van der Waals surface area contributed by atoms with E-state index in [1.54, 1.807) is 0 Å². The number of carbonyl (C=O) groups excluding carboxylic acids is 2. The number of carbonyl (C=O) groups is 2. The third kappa shape index (κ3) is 10.1. The maximum absolute atomic E-state index is 12.3. The molecule has 0 heterocycles. The van der Waals surface area contributed by atoms with Crippen LogP contribution in [0.1, 0.15) is 66.2 Å². The molecule has 7 heteroatoms. The molecular formula is C20H39N3O4. The number of primary amides is 1. The molecule has 2 amide bonds. The summed E-state index contributed by atoms with van der Waals surface area (Å²) >= 11 is 0. The molecule has 0 aromatic rings. The molecule has 0 aliphatic heterocycles. The zero-order valence-corrected chi connectivity index (χ0v) is 17.5. The van der Waals surface area contributed by atoms with E-state index in [-0.39, 0.29) is 23.3 Å². The third-order valence-corrected chi connectivity index (χ3v) is 5.23. The molecular weight excluding hydrogens is 346 g/mol. The lowest BCUT2D eigenvalue weighted by molar-refractivity contribution is -0.129. The summed E-state index contributed by atoms with van der Waals surface area (Å²) in [7, 11) is 0. The first kappa shape index (κ1) is 23.9. The number of hydrogen-bond donors (Lipinski definition) is 3. The quantitative estimate of drug-likeness (QED) is 0.473. The van der Waals surface area contributed by atoms with Gasteiger partial charge in [0.25, 0.3) is 0 Å². The summed E-state index contributed by atoms with van der Waals surface area (Å²) in [5.41, 5.74) is 10.0. The van der Waals surface area contributed by atoms with E-state index >= 15 is 0 Å². The zero-order chi connectivity index (χ0) is 20.5. The first-order chi connectivity index (χ1) is 12.5. The summed E-state index contributed by atoms with van der Waals surface area (Å²) in [4.78, 5) is 23.5. The Morgan fingerprint density at radius 2 is 1.59 bits per heavy atom. The highest BCUT2D eigenvalue weighted by Crippen LogP contribution is 2.28. The van der Waals surface area contributed by atoms with Crippen molar-refractivity contribution in [1.29, 1.82) is 0 Å². The molecule has 1 rings (SSSR count). The Bertz CT molecular complexity index is 472. The summed E-state index contributed by atoms with van der Waals surface area (Å²) in [6.07, 6.45) is 4.57. The van der Waals surface area contributed by atoms with Gasteiger partial charge in [-0.15, -0.1) is 0 Å². The van der Waals surface area contributed by atoms with Gasteiger partial charge in [0.05, 0.1) is 30.8 Å². The minimum atomic E-state index is -0.530. The molecule has 7 nitrogen and oxygen atoms in total. The summed E-state index contributed by atoms with van der Waals surface area (Å²) < 4.78 is 11.6. The first-order valence-electron chi connectivity index (χ1n) is 10.1. The van der Waals surface area contributed by atoms with Crippen molar-refractivity contribution in [1.82, 2.24) is 5.32 Å². The van der Waals surface area contributed by atoms with Crippen LogP contribution in [0.15, 0.2) is 0 Å². The van der Waals surface area contributed by atoms with Crippen LogP contribution in [0.4, 0.5) is 0 Å². The lowest BCUT2D eigenvalue weighted by Crippen LogP contribution is -2.38. The van der Waals surface area contributed by atoms with Crippen LogP contribution in [0.5, 0.6) is 0 Å². The highest BCUT2D eigenvalue weighted by Gasteiger charge is 2.27. The van der Waals surface area contributed by atoms with E-state index in [1.807, 2.05) is 27.7 Å². The van der Waals surface area contributed by atoms with Gasteiger partial charge in [0.15, 0.2) is 0 Å². The molecule has 1 aliphatic carbocycles. The number of nitrogens with one attached hydrogen (secondary N) is 1. The number of amides is 2. The average molecular weight is 386 g/mol. The molecule has 0 unspecified atom stereocenters. The maximum atomic E-state index is 12.3. The van der Waals surface area contributed by atoms with E-state index in [9.17, 15) is 9.59 Å². The van der Waals surface area contributed by atoms with Crippen molar-refractivity contribution in [3.8, 4) is 0 Å². The first-order valence-corrected chi connectivity index (χ1v) is 10.1. The minimum absolute atomic E-state index is 0.00219. The Hall–Kier alpha value is -1.18. The van der Waals surface area contributed by atoms with E-state index in [0.29, 0.717) is 38.6 Å². The fourth-order valence-electron chi connectivity index (χ4n) is 3.39. The molecule has 0 saturated heterocycles. The highest BCUT2D eigenvalue weighted by atomic mass is 16.5. The van der Waals surface area contributed by atoms with Crippen molar-refractivity contribution in [2.24, 2.45) is 23.3 Å². The van der Waals surface area contributed by atoms with Crippen LogP contribution in [0.3, 0.4) is 0 Å². The second-order valence-corrected chi connectivity index (χ2v) is 8.86. The molecule has 0 aromatic heterocycles. The second kappa shape index (κ2) is 11.0. The molecule has 158 valence electrons. The Labute approximate surface area is 163 Å². The minimum Gasteiger partial charge on any atom is -0.375 e. The van der Waals surface area contributed by atoms with E-state index in [4.69, 9.17) is 20.9 Å². The van der Waals surface area contributed by atoms with Crippen molar-refractivity contribution in [2.45, 2.75) is 77.4 Å². The summed E-state index contributed by atoms with van der Waals surface area (Å²) in [5, 5.41) is 3.01. The predicted molar refractivity (Wildman–Crippen MR) is 106 cm³/mol. The van der Waals surface area contributed by atoms with Crippen LogP contribution in [-0.4, -0.2) is 49.3 Å². The van der Waals surface area contributed by atoms with Gasteiger partial charge in [-0.1, -0.05) is 0 Å². The number of hydrogen-bond acceptors (Lipinski definition) is 5. The number of nitrogens with two attached hydrogens (primary N) is 2. The van der Waals surface area contributed by atoms with Gasteiger partial charge >= 0.3 is 0 Å². The van der Waals surface area contributed by atoms with E-state index in [0.717, 1.165) is 32.1 Å². The van der Waals surface area contributed by atoms with E-state index < -0.39 is 5.60 Å². The zero-order valence-electron chi connectivity index (χ0n) is 17.5. The van der Waals surface area contributed by atoms with Crippen molar-refractivity contribution in [3.05, 3.63) is 0 Å². The Kier molecular flexibility index (Phi) is 9.70. The largest absolute Gasteiger partial charge is 0.375 e. The lowest BCUT2D eigenvalue weighted by atomic mass is 9.81. The summed E-state index contributed by atoms with van der Waals surface area (Å²) in [5.74, 6) is 0.222. The monoisotopic (exact) mass is 385 g/mol. The average Bonchev–Trinajstić information content (AvgIpc) is 2.57. The standard InChI is InChI=1S/C20H39N3O4/c1-19(2,27-12-10-21)9-11-26-20(3,4)13-17(24)23-14-15-5-7-16(8-6-15)18(22)25/h15-16H,5-14,21H2,1-4H3,(H2,22,25)(H,23,24). The Morgan fingerprint density at radius 1 is 1.00 bits per heavy atom. The van der Waals surface area contributed by atoms with Gasteiger partial charge in [0, 0.05) is 19.0 Å². The van der Waals surface area contributed by atoms with E-state index in [1.165, 1.54) is 0 Å². The van der Waals surface area contributed by atoms with Crippen LogP contribution in [0, 0.1) is 11.8 Å². The molecule has 0 spiro atoms. The van der Waals surface area contributed by atoms with Gasteiger partial charge in [-0.05, 0) is 65.7 Å². The van der Waals surface area contributed by atoms with Crippen molar-refractivity contribution < 1.29 is 19.1 Å². The highest BCUT2D eigenvalue weighted by molar-refractivity contribution is 5.77. The van der Waals surface area contributed by atoms with Gasteiger partial charge in [-0.3, -0.25) is 9.59 Å². The molecule has 5 N–H and O–H groups in total. The molecule has 1 fully saturated rings. The lowest BCUT2D eigenvalue weighted by Gasteiger charge is -2.30. The van der Waals surface area contributed by atoms with Crippen LogP contribution in [-0.2, 0) is 19.1 Å². The van der Waals surface area contributed by atoms with Crippen LogP contribution in [0.2, 0.25) is 0 Å². The SMILES string of the molecule is CC(C)(CCOC(C)(C)CC(=O)NCC1CCC(C(N)=O)CC1)OCCN. The maximum Gasteiger partial charge on any atom is 0.222 e. The molecule has 0 atom stereocenters. The number of ether oxygens (including phenoxy) is 2. The Morgan fingerprint density at radius 3 is 2.15 bits per heavy atom. The second-order valence-electron chi connectivity index (χ2n) is 8.86. The van der Waals surface area contributed by atoms with Crippen LogP contribution in [0.25, 0.3) is 0 Å². The molecule has 27 heavy (non-hydrogen) atoms. The molecule has 1 aliphatic rings. The van der Waals surface area contributed by atoms with Crippen LogP contribution < -0.4 is 16.8 Å². The third-order valence-electron chi connectivity index (χ3n) is 5.23. The summed E-state index contributed by atoms with van der Waals surface area (Å²) in [6.45, 7) is 10.1. The normalized spacial score (nSPS) is 21.1. The molecule has 0 radical (unpaired) electrons. The van der Waals surface area contributed by atoms with Crippen molar-refractivity contribution in [2.75, 3.05) is 26.3 Å². The molecule has 0 bridgehead atoms. The van der Waals surface area contributed by atoms with Gasteiger partial charge in [-0.25, -0.2) is 0 Å². The van der Waals surface area contributed by atoms with Gasteiger partial charge in [-0.2, -0.15) is 0 Å². The molecule has 0 aromatic carbocycles. The molecule has 1 saturated carbocycles. The summed E-state index contributed by atoms with van der Waals surface area (Å²) in [6, 6.07) is 0. The predicted octanol–water partition coefficient (Wildman–Crippen LogP) is 1.72. The van der Waals surface area contributed by atoms with Crippen LogP contribution >= 0.6 is 0 Å². The topological polar surface area (TPSA) is 117 Å². The van der Waals surface area contributed by atoms with E-state index in [2.05, 4.69) is 5.32 Å². The van der Waals surface area contributed by atoms with Gasteiger partial charge in [0.1, 0.15) is 0 Å². The van der Waals surface area contributed by atoms with Crippen molar-refractivity contribution >= 4 is 11.8 Å². The number of rotatable bonds is 12. The fourth-order valence-corrected chi connectivity index (χ4v) is 3.39. The van der Waals surface area contributed by atoms with Crippen molar-refractivity contribution in [3.63, 3.8) is 0 Å². The smallest absolute Gasteiger partial charge is 0.222 e.